The highest BCUT2D eigenvalue weighted by Gasteiger charge is 2.29. The van der Waals surface area contributed by atoms with Gasteiger partial charge in [-0.25, -0.2) is 0 Å². The molecule has 0 radical (unpaired) electrons. The fourth-order valence-electron chi connectivity index (χ4n) is 1.72. The minimum absolute atomic E-state index is 0.0644. The van der Waals surface area contributed by atoms with Crippen LogP contribution < -0.4 is 0 Å². The lowest BCUT2D eigenvalue weighted by molar-refractivity contribution is 0.297. The molecule has 3 heteroatoms. The molecular weight excluding hydrogens is 238 g/mol. The molecular formula is C13H20ClNS. The average molecular weight is 258 g/mol. The molecule has 90 valence electrons. The summed E-state index contributed by atoms with van der Waals surface area (Å²) in [4.78, 5) is 0.856. The lowest BCUT2D eigenvalue weighted by Gasteiger charge is -2.29. The Bertz CT molecular complexity index is 306. The predicted molar refractivity (Wildman–Crippen MR) is 74.0 cm³/mol. The summed E-state index contributed by atoms with van der Waals surface area (Å²) in [5, 5.41) is 9.27. The first-order valence-corrected chi connectivity index (χ1v) is 7.03. The van der Waals surface area contributed by atoms with Gasteiger partial charge in [0.05, 0.1) is 12.0 Å². The quantitative estimate of drug-likeness (QED) is 0.625. The standard InChI is InChI=1S/C13H20ClNS/c1-8(2)9(3)10(4)13(7-15)11(5)12(6)16-14/h9-11,13H,1,6H2,2-5H3. The van der Waals surface area contributed by atoms with E-state index in [1.165, 1.54) is 0 Å². The van der Waals surface area contributed by atoms with Crippen LogP contribution in [-0.2, 0) is 0 Å². The van der Waals surface area contributed by atoms with Crippen molar-refractivity contribution in [2.24, 2.45) is 23.7 Å². The highest BCUT2D eigenvalue weighted by Crippen LogP contribution is 2.37. The van der Waals surface area contributed by atoms with Crippen LogP contribution in [0.3, 0.4) is 0 Å². The lowest BCUT2D eigenvalue weighted by Crippen LogP contribution is -2.24. The van der Waals surface area contributed by atoms with Crippen LogP contribution in [0.15, 0.2) is 23.6 Å². The Morgan fingerprint density at radius 2 is 1.75 bits per heavy atom. The van der Waals surface area contributed by atoms with Gasteiger partial charge in [-0.3, -0.25) is 0 Å². The maximum atomic E-state index is 9.27. The van der Waals surface area contributed by atoms with Gasteiger partial charge in [-0.2, -0.15) is 5.26 Å². The third-order valence-corrected chi connectivity index (χ3v) is 4.59. The highest BCUT2D eigenvalue weighted by atomic mass is 35.7. The van der Waals surface area contributed by atoms with Gasteiger partial charge >= 0.3 is 0 Å². The molecule has 4 atom stereocenters. The van der Waals surface area contributed by atoms with E-state index >= 15 is 0 Å². The van der Waals surface area contributed by atoms with Crippen LogP contribution in [0.5, 0.6) is 0 Å². The Labute approximate surface area is 108 Å². The van der Waals surface area contributed by atoms with E-state index in [9.17, 15) is 5.26 Å². The highest BCUT2D eigenvalue weighted by molar-refractivity contribution is 8.24. The van der Waals surface area contributed by atoms with Crippen molar-refractivity contribution in [3.05, 3.63) is 23.6 Å². The summed E-state index contributed by atoms with van der Waals surface area (Å²) in [6.07, 6.45) is 0. The molecule has 0 aliphatic heterocycles. The predicted octanol–water partition coefficient (Wildman–Crippen LogP) is 5.01. The second kappa shape index (κ2) is 7.04. The van der Waals surface area contributed by atoms with Crippen molar-refractivity contribution < 1.29 is 0 Å². The van der Waals surface area contributed by atoms with E-state index in [-0.39, 0.29) is 17.8 Å². The molecule has 0 aliphatic carbocycles. The molecule has 0 N–H and O–H groups in total. The fraction of sp³-hybridized carbons (Fsp3) is 0.615. The molecule has 4 unspecified atom stereocenters. The number of nitrogens with zero attached hydrogens (tertiary/aromatic N) is 1. The van der Waals surface area contributed by atoms with Crippen LogP contribution in [0, 0.1) is 35.0 Å². The monoisotopic (exact) mass is 257 g/mol. The second-order valence-corrected chi connectivity index (χ2v) is 5.62. The molecule has 0 aromatic carbocycles. The van der Waals surface area contributed by atoms with Crippen molar-refractivity contribution >= 4 is 21.7 Å². The Morgan fingerprint density at radius 3 is 2.06 bits per heavy atom. The molecule has 0 aromatic heterocycles. The first kappa shape index (κ1) is 15.6. The molecule has 0 saturated heterocycles. The zero-order valence-corrected chi connectivity index (χ0v) is 12.0. The van der Waals surface area contributed by atoms with Crippen molar-refractivity contribution in [2.75, 3.05) is 0 Å². The third kappa shape index (κ3) is 3.88. The largest absolute Gasteiger partial charge is 0.198 e. The minimum atomic E-state index is -0.0644. The first-order chi connectivity index (χ1) is 7.36. The lowest BCUT2D eigenvalue weighted by atomic mass is 9.76. The molecule has 0 heterocycles. The second-order valence-electron chi connectivity index (χ2n) is 4.48. The van der Waals surface area contributed by atoms with Gasteiger partial charge in [0.25, 0.3) is 0 Å². The van der Waals surface area contributed by atoms with Crippen LogP contribution in [-0.4, -0.2) is 0 Å². The Kier molecular flexibility index (Phi) is 6.87. The molecule has 0 amide bonds. The summed E-state index contributed by atoms with van der Waals surface area (Å²) in [6, 6.07) is 2.38. The van der Waals surface area contributed by atoms with Crippen molar-refractivity contribution in [1.29, 1.82) is 5.26 Å². The van der Waals surface area contributed by atoms with Crippen molar-refractivity contribution in [3.63, 3.8) is 0 Å². The number of hydrogen-bond acceptors (Lipinski definition) is 2. The van der Waals surface area contributed by atoms with Gasteiger partial charge in [0.1, 0.15) is 0 Å². The summed E-state index contributed by atoms with van der Waals surface area (Å²) < 4.78 is 0. The maximum absolute atomic E-state index is 9.27. The Balaban J connectivity index is 4.81. The minimum Gasteiger partial charge on any atom is -0.198 e. The van der Waals surface area contributed by atoms with Gasteiger partial charge in [0.15, 0.2) is 0 Å². The molecule has 0 aromatic rings. The van der Waals surface area contributed by atoms with Crippen LogP contribution in [0.4, 0.5) is 0 Å². The van der Waals surface area contributed by atoms with Gasteiger partial charge in [-0.1, -0.05) is 39.5 Å². The third-order valence-electron chi connectivity index (χ3n) is 3.43. The molecule has 0 aliphatic rings. The average Bonchev–Trinajstić information content (AvgIpc) is 2.27. The van der Waals surface area contributed by atoms with E-state index in [1.807, 2.05) is 13.8 Å². The zero-order valence-electron chi connectivity index (χ0n) is 10.5. The molecule has 0 fully saturated rings. The van der Waals surface area contributed by atoms with Gasteiger partial charge in [-0.05, 0) is 45.3 Å². The summed E-state index contributed by atoms with van der Waals surface area (Å²) in [6.45, 7) is 16.1. The van der Waals surface area contributed by atoms with Crippen LogP contribution >= 0.6 is 21.7 Å². The smallest absolute Gasteiger partial charge is 0.0665 e. The van der Waals surface area contributed by atoms with Gasteiger partial charge in [-0.15, -0.1) is 0 Å². The van der Waals surface area contributed by atoms with Crippen molar-refractivity contribution in [3.8, 4) is 6.07 Å². The number of halogens is 1. The molecule has 1 nitrogen and oxygen atoms in total. The zero-order chi connectivity index (χ0) is 12.9. The summed E-state index contributed by atoms with van der Waals surface area (Å²) >= 11 is 0. The number of rotatable bonds is 6. The summed E-state index contributed by atoms with van der Waals surface area (Å²) in [5.74, 6) is 0.632. The van der Waals surface area contributed by atoms with Gasteiger partial charge in [0.2, 0.25) is 0 Å². The van der Waals surface area contributed by atoms with Crippen molar-refractivity contribution in [2.45, 2.75) is 27.7 Å². The van der Waals surface area contributed by atoms with E-state index in [2.05, 4.69) is 33.1 Å². The van der Waals surface area contributed by atoms with E-state index in [0.29, 0.717) is 5.92 Å². The van der Waals surface area contributed by atoms with Crippen LogP contribution in [0.2, 0.25) is 0 Å². The van der Waals surface area contributed by atoms with Crippen LogP contribution in [0.1, 0.15) is 27.7 Å². The molecule has 0 spiro atoms. The molecule has 0 rings (SSSR count). The maximum Gasteiger partial charge on any atom is 0.0665 e. The number of allylic oxidation sites excluding steroid dienone is 2. The summed E-state index contributed by atoms with van der Waals surface area (Å²) in [7, 11) is 6.80. The molecule has 0 bridgehead atoms. The first-order valence-electron chi connectivity index (χ1n) is 5.39. The van der Waals surface area contributed by atoms with E-state index in [0.717, 1.165) is 21.5 Å². The Morgan fingerprint density at radius 1 is 1.25 bits per heavy atom. The number of nitriles is 1. The topological polar surface area (TPSA) is 23.8 Å². The van der Waals surface area contributed by atoms with E-state index < -0.39 is 0 Å². The normalized spacial score (nSPS) is 18.0. The van der Waals surface area contributed by atoms with Gasteiger partial charge in [0, 0.05) is 5.92 Å². The van der Waals surface area contributed by atoms with E-state index in [1.54, 1.807) is 0 Å². The molecule has 16 heavy (non-hydrogen) atoms. The fourth-order valence-corrected chi connectivity index (χ4v) is 2.42. The molecule has 0 saturated carbocycles. The van der Waals surface area contributed by atoms with Gasteiger partial charge < -0.3 is 0 Å². The van der Waals surface area contributed by atoms with E-state index in [4.69, 9.17) is 10.7 Å². The number of hydrogen-bond donors (Lipinski definition) is 0. The van der Waals surface area contributed by atoms with Crippen LogP contribution in [0.25, 0.3) is 0 Å². The summed E-state index contributed by atoms with van der Waals surface area (Å²) in [5.41, 5.74) is 1.11. The SMILES string of the molecule is C=C(C)C(C)C(C)C(C#N)C(C)C(=C)SCl. The van der Waals surface area contributed by atoms with Crippen molar-refractivity contribution in [1.82, 2.24) is 0 Å². The Hall–Kier alpha value is -0.390.